The predicted octanol–water partition coefficient (Wildman–Crippen LogP) is 3.80. The number of ether oxygens (including phenoxy) is 2. The maximum atomic E-state index is 13.2. The molecular weight excluding hydrogens is 350 g/mol. The highest BCUT2D eigenvalue weighted by Crippen LogP contribution is 2.38. The van der Waals surface area contributed by atoms with Gasteiger partial charge in [-0.15, -0.1) is 0 Å². The van der Waals surface area contributed by atoms with Crippen molar-refractivity contribution < 1.29 is 17.9 Å². The summed E-state index contributed by atoms with van der Waals surface area (Å²) in [6.07, 6.45) is 1.04. The first kappa shape index (κ1) is 19.3. The summed E-state index contributed by atoms with van der Waals surface area (Å²) in [7, 11) is -3.67. The highest BCUT2D eigenvalue weighted by Gasteiger charge is 2.34. The second-order valence-corrected chi connectivity index (χ2v) is 8.68. The first-order chi connectivity index (χ1) is 11.3. The van der Waals surface area contributed by atoms with Gasteiger partial charge in [0, 0.05) is 25.2 Å². The topological polar surface area (TPSA) is 55.8 Å². The summed E-state index contributed by atoms with van der Waals surface area (Å²) in [5.41, 5.74) is 0. The number of benzene rings is 1. The van der Waals surface area contributed by atoms with Crippen LogP contribution in [0.25, 0.3) is 0 Å². The van der Waals surface area contributed by atoms with Crippen LogP contribution in [0, 0.1) is 11.8 Å². The number of sulfonamides is 1. The lowest BCUT2D eigenvalue weighted by Crippen LogP contribution is -2.42. The van der Waals surface area contributed by atoms with E-state index in [1.807, 2.05) is 13.8 Å². The molecule has 5 nitrogen and oxygen atoms in total. The Kier molecular flexibility index (Phi) is 6.39. The minimum absolute atomic E-state index is 0.124. The van der Waals surface area contributed by atoms with Crippen molar-refractivity contribution in [1.29, 1.82) is 0 Å². The maximum Gasteiger partial charge on any atom is 0.246 e. The van der Waals surface area contributed by atoms with Gasteiger partial charge in [-0.3, -0.25) is 0 Å². The fourth-order valence-corrected chi connectivity index (χ4v) is 5.21. The van der Waals surface area contributed by atoms with Crippen LogP contribution in [-0.2, 0) is 10.0 Å². The SMILES string of the molecule is CCOc1cc(S(=O)(=O)N2C[C@H](C)C[C@@H](C)C2)c(OCC)cc1Cl. The van der Waals surface area contributed by atoms with E-state index < -0.39 is 10.0 Å². The molecule has 1 aliphatic heterocycles. The summed E-state index contributed by atoms with van der Waals surface area (Å²) in [6.45, 7) is 9.60. The first-order valence-corrected chi connectivity index (χ1v) is 10.2. The van der Waals surface area contributed by atoms with E-state index in [2.05, 4.69) is 13.8 Å². The molecule has 2 atom stereocenters. The number of halogens is 1. The van der Waals surface area contributed by atoms with E-state index in [0.717, 1.165) is 6.42 Å². The predicted molar refractivity (Wildman–Crippen MR) is 95.5 cm³/mol. The molecule has 1 saturated heterocycles. The van der Waals surface area contributed by atoms with Crippen molar-refractivity contribution in [3.8, 4) is 11.5 Å². The van der Waals surface area contributed by atoms with Gasteiger partial charge in [0.25, 0.3) is 0 Å². The molecule has 1 heterocycles. The van der Waals surface area contributed by atoms with Crippen molar-refractivity contribution in [3.63, 3.8) is 0 Å². The van der Waals surface area contributed by atoms with Crippen LogP contribution < -0.4 is 9.47 Å². The summed E-state index contributed by atoms with van der Waals surface area (Å²) in [5, 5.41) is 0.347. The Morgan fingerprint density at radius 1 is 1.08 bits per heavy atom. The van der Waals surface area contributed by atoms with Crippen molar-refractivity contribution in [2.24, 2.45) is 11.8 Å². The highest BCUT2D eigenvalue weighted by molar-refractivity contribution is 7.89. The van der Waals surface area contributed by atoms with Crippen molar-refractivity contribution in [3.05, 3.63) is 17.2 Å². The molecule has 0 amide bonds. The molecule has 0 spiro atoms. The van der Waals surface area contributed by atoms with Crippen LogP contribution in [-0.4, -0.2) is 39.0 Å². The zero-order valence-corrected chi connectivity index (χ0v) is 16.3. The minimum Gasteiger partial charge on any atom is -0.492 e. The third-order valence-corrected chi connectivity index (χ3v) is 6.20. The molecule has 0 radical (unpaired) electrons. The molecule has 136 valence electrons. The van der Waals surface area contributed by atoms with E-state index >= 15 is 0 Å². The molecule has 24 heavy (non-hydrogen) atoms. The molecule has 1 aromatic carbocycles. The van der Waals surface area contributed by atoms with Crippen LogP contribution in [0.4, 0.5) is 0 Å². The highest BCUT2D eigenvalue weighted by atomic mass is 35.5. The molecule has 2 rings (SSSR count). The van der Waals surface area contributed by atoms with Crippen LogP contribution in [0.5, 0.6) is 11.5 Å². The molecule has 0 saturated carbocycles. The van der Waals surface area contributed by atoms with E-state index in [1.165, 1.54) is 12.1 Å². The summed E-state index contributed by atoms with van der Waals surface area (Å²) < 4.78 is 38.9. The molecule has 0 aromatic heterocycles. The lowest BCUT2D eigenvalue weighted by molar-refractivity contribution is 0.221. The Labute approximate surface area is 149 Å². The Hall–Kier alpha value is -0.980. The van der Waals surface area contributed by atoms with Gasteiger partial charge in [-0.25, -0.2) is 8.42 Å². The number of hydrogen-bond acceptors (Lipinski definition) is 4. The average molecular weight is 376 g/mol. The smallest absolute Gasteiger partial charge is 0.246 e. The summed E-state index contributed by atoms with van der Waals surface area (Å²) in [6, 6.07) is 3.01. The van der Waals surface area contributed by atoms with Crippen molar-refractivity contribution in [2.45, 2.75) is 39.0 Å². The van der Waals surface area contributed by atoms with Gasteiger partial charge < -0.3 is 9.47 Å². The second kappa shape index (κ2) is 7.93. The minimum atomic E-state index is -3.67. The van der Waals surface area contributed by atoms with E-state index in [-0.39, 0.29) is 10.6 Å². The van der Waals surface area contributed by atoms with E-state index in [1.54, 1.807) is 4.31 Å². The second-order valence-electron chi connectivity index (χ2n) is 6.36. The third kappa shape index (κ3) is 4.16. The maximum absolute atomic E-state index is 13.2. The van der Waals surface area contributed by atoms with Crippen molar-refractivity contribution in [1.82, 2.24) is 4.31 Å². The van der Waals surface area contributed by atoms with Crippen LogP contribution in [0.3, 0.4) is 0 Å². The van der Waals surface area contributed by atoms with Crippen LogP contribution in [0.1, 0.15) is 34.1 Å². The van der Waals surface area contributed by atoms with Gasteiger partial charge in [0.1, 0.15) is 16.4 Å². The molecule has 1 aromatic rings. The van der Waals surface area contributed by atoms with Crippen molar-refractivity contribution >= 4 is 21.6 Å². The zero-order chi connectivity index (χ0) is 17.9. The number of nitrogens with zero attached hydrogens (tertiary/aromatic N) is 1. The van der Waals surface area contributed by atoms with Gasteiger partial charge in [-0.05, 0) is 32.1 Å². The molecule has 0 bridgehead atoms. The average Bonchev–Trinajstić information content (AvgIpc) is 2.49. The van der Waals surface area contributed by atoms with Crippen LogP contribution in [0.15, 0.2) is 17.0 Å². The zero-order valence-electron chi connectivity index (χ0n) is 14.7. The van der Waals surface area contributed by atoms with Gasteiger partial charge in [0.05, 0.1) is 18.2 Å². The number of rotatable bonds is 6. The molecular formula is C17H26ClNO4S. The normalized spacial score (nSPS) is 22.4. The Morgan fingerprint density at radius 3 is 2.17 bits per heavy atom. The molecule has 1 fully saturated rings. The van der Waals surface area contributed by atoms with Gasteiger partial charge in [0.15, 0.2) is 0 Å². The first-order valence-electron chi connectivity index (χ1n) is 8.38. The fraction of sp³-hybridized carbons (Fsp3) is 0.647. The lowest BCUT2D eigenvalue weighted by Gasteiger charge is -2.34. The largest absolute Gasteiger partial charge is 0.492 e. The standard InChI is InChI=1S/C17H26ClNO4S/c1-5-22-15-9-17(16(23-6-2)8-14(15)18)24(20,21)19-10-12(3)7-13(4)11-19/h8-9,12-13H,5-7,10-11H2,1-4H3/t12-,13-/m1/s1. The fourth-order valence-electron chi connectivity index (χ4n) is 3.19. The van der Waals surface area contributed by atoms with E-state index in [9.17, 15) is 8.42 Å². The van der Waals surface area contributed by atoms with E-state index in [0.29, 0.717) is 48.9 Å². The molecule has 0 unspecified atom stereocenters. The monoisotopic (exact) mass is 375 g/mol. The van der Waals surface area contributed by atoms with Crippen molar-refractivity contribution in [2.75, 3.05) is 26.3 Å². The van der Waals surface area contributed by atoms with Gasteiger partial charge in [0.2, 0.25) is 10.0 Å². The molecule has 7 heteroatoms. The summed E-state index contributed by atoms with van der Waals surface area (Å²) in [5.74, 6) is 1.30. The Balaban J connectivity index is 2.48. The van der Waals surface area contributed by atoms with Gasteiger partial charge in [-0.2, -0.15) is 4.31 Å². The lowest BCUT2D eigenvalue weighted by atomic mass is 9.94. The van der Waals surface area contributed by atoms with Crippen LogP contribution >= 0.6 is 11.6 Å². The Morgan fingerprint density at radius 2 is 1.62 bits per heavy atom. The van der Waals surface area contributed by atoms with Gasteiger partial charge in [-0.1, -0.05) is 25.4 Å². The molecule has 1 aliphatic rings. The quantitative estimate of drug-likeness (QED) is 0.758. The molecule has 0 aliphatic carbocycles. The molecule has 0 N–H and O–H groups in total. The third-order valence-electron chi connectivity index (χ3n) is 4.05. The summed E-state index contributed by atoms with van der Waals surface area (Å²) in [4.78, 5) is 0.124. The Bertz CT molecular complexity index is 667. The number of piperidine rings is 1. The number of hydrogen-bond donors (Lipinski definition) is 0. The van der Waals surface area contributed by atoms with E-state index in [4.69, 9.17) is 21.1 Å². The summed E-state index contributed by atoms with van der Waals surface area (Å²) >= 11 is 6.18. The van der Waals surface area contributed by atoms with Gasteiger partial charge >= 0.3 is 0 Å². The van der Waals surface area contributed by atoms with Crippen LogP contribution in [0.2, 0.25) is 5.02 Å².